The molecule has 0 radical (unpaired) electrons. The van der Waals surface area contributed by atoms with Crippen LogP contribution in [0.1, 0.15) is 22.3 Å². The minimum Gasteiger partial charge on any atom is -0.458 e. The number of nitrogens with zero attached hydrogens (tertiary/aromatic N) is 1. The third-order valence-electron chi connectivity index (χ3n) is 7.71. The van der Waals surface area contributed by atoms with Gasteiger partial charge in [0.1, 0.15) is 11.5 Å². The van der Waals surface area contributed by atoms with E-state index in [2.05, 4.69) is 130 Å². The Morgan fingerprint density at radius 2 is 1.24 bits per heavy atom. The van der Waals surface area contributed by atoms with Gasteiger partial charge in [0.15, 0.2) is 0 Å². The van der Waals surface area contributed by atoms with E-state index in [1.165, 1.54) is 61.3 Å². The number of rotatable bonds is 2. The molecule has 3 heteroatoms. The van der Waals surface area contributed by atoms with E-state index in [4.69, 9.17) is 4.74 Å². The Hall–Kier alpha value is -4.24. The number of aryl methyl sites for hydroxylation is 4. The van der Waals surface area contributed by atoms with Crippen LogP contribution < -0.4 is 26.0 Å². The molecule has 5 aromatic carbocycles. The standard InChI is InChI=1S/C34H28BNO/c1-21-14-22(2)17-27(16-21)36-29-18-23(3)15-24(4)33(29)35-28-12-8-9-13-31(28)37-32-20-26(19-30(36)34(32)35)25-10-6-5-7-11-25/h5-20H,1-4H3. The minimum absolute atomic E-state index is 0.123. The first-order chi connectivity index (χ1) is 18.0. The zero-order valence-electron chi connectivity index (χ0n) is 21.7. The van der Waals surface area contributed by atoms with Crippen molar-refractivity contribution >= 4 is 40.2 Å². The van der Waals surface area contributed by atoms with Crippen LogP contribution in [0.15, 0.2) is 97.1 Å². The zero-order chi connectivity index (χ0) is 25.3. The molecule has 0 aromatic heterocycles. The van der Waals surface area contributed by atoms with Gasteiger partial charge in [0.05, 0.1) is 0 Å². The lowest BCUT2D eigenvalue weighted by Gasteiger charge is -2.41. The second kappa shape index (κ2) is 8.14. The van der Waals surface area contributed by atoms with Crippen LogP contribution in [0.4, 0.5) is 17.1 Å². The summed E-state index contributed by atoms with van der Waals surface area (Å²) in [6.07, 6.45) is 0. The first kappa shape index (κ1) is 22.0. The molecule has 0 amide bonds. The van der Waals surface area contributed by atoms with E-state index in [0.717, 1.165) is 17.1 Å². The van der Waals surface area contributed by atoms with Crippen molar-refractivity contribution in [1.82, 2.24) is 0 Å². The molecule has 0 saturated carbocycles. The van der Waals surface area contributed by atoms with Gasteiger partial charge in [-0.2, -0.15) is 0 Å². The molecule has 0 bridgehead atoms. The van der Waals surface area contributed by atoms with Crippen LogP contribution in [0, 0.1) is 27.7 Å². The van der Waals surface area contributed by atoms with Crippen molar-refractivity contribution in [2.45, 2.75) is 27.7 Å². The van der Waals surface area contributed by atoms with Gasteiger partial charge in [0.25, 0.3) is 6.71 Å². The number of ether oxygens (including phenoxy) is 1. The summed E-state index contributed by atoms with van der Waals surface area (Å²) in [7, 11) is 0. The van der Waals surface area contributed by atoms with Gasteiger partial charge < -0.3 is 9.64 Å². The van der Waals surface area contributed by atoms with E-state index in [-0.39, 0.29) is 6.71 Å². The number of para-hydroxylation sites is 1. The fourth-order valence-corrected chi connectivity index (χ4v) is 6.36. The average Bonchev–Trinajstić information content (AvgIpc) is 2.88. The first-order valence-corrected chi connectivity index (χ1v) is 13.0. The van der Waals surface area contributed by atoms with Gasteiger partial charge in [-0.1, -0.05) is 66.2 Å². The van der Waals surface area contributed by atoms with Gasteiger partial charge in [-0.25, -0.2) is 0 Å². The quantitative estimate of drug-likeness (QED) is 0.249. The fourth-order valence-electron chi connectivity index (χ4n) is 6.36. The normalized spacial score (nSPS) is 13.0. The van der Waals surface area contributed by atoms with Crippen molar-refractivity contribution in [3.8, 4) is 22.6 Å². The number of anilines is 3. The third-order valence-corrected chi connectivity index (χ3v) is 7.71. The highest BCUT2D eigenvalue weighted by molar-refractivity contribution is 6.99. The predicted molar refractivity (Wildman–Crippen MR) is 157 cm³/mol. The maximum atomic E-state index is 6.67. The number of hydrogen-bond acceptors (Lipinski definition) is 2. The van der Waals surface area contributed by atoms with Crippen molar-refractivity contribution in [3.05, 3.63) is 119 Å². The van der Waals surface area contributed by atoms with Crippen molar-refractivity contribution in [2.75, 3.05) is 4.90 Å². The number of hydrogen-bond donors (Lipinski definition) is 0. The highest BCUT2D eigenvalue weighted by atomic mass is 16.5. The molecule has 2 aliphatic rings. The van der Waals surface area contributed by atoms with E-state index in [1.54, 1.807) is 0 Å². The van der Waals surface area contributed by atoms with Crippen molar-refractivity contribution in [3.63, 3.8) is 0 Å². The van der Waals surface area contributed by atoms with E-state index in [0.29, 0.717) is 0 Å². The molecule has 7 rings (SSSR count). The number of fused-ring (bicyclic) bond motifs is 4. The summed E-state index contributed by atoms with van der Waals surface area (Å²) >= 11 is 0. The molecule has 0 N–H and O–H groups in total. The summed E-state index contributed by atoms with van der Waals surface area (Å²) in [5, 5.41) is 0. The second-order valence-electron chi connectivity index (χ2n) is 10.5. The van der Waals surface area contributed by atoms with Gasteiger partial charge in [-0.15, -0.1) is 0 Å². The van der Waals surface area contributed by atoms with Crippen molar-refractivity contribution < 1.29 is 4.74 Å². The summed E-state index contributed by atoms with van der Waals surface area (Å²) in [6.45, 7) is 8.94. The van der Waals surface area contributed by atoms with Crippen molar-refractivity contribution in [2.24, 2.45) is 0 Å². The molecule has 0 fully saturated rings. The van der Waals surface area contributed by atoms with Gasteiger partial charge in [-0.3, -0.25) is 0 Å². The Bertz CT molecular complexity index is 1690. The Balaban J connectivity index is 1.61. The largest absolute Gasteiger partial charge is 0.458 e. The Kier molecular flexibility index (Phi) is 4.84. The summed E-state index contributed by atoms with van der Waals surface area (Å²) < 4.78 is 6.67. The molecular formula is C34H28BNO. The molecule has 0 atom stereocenters. The average molecular weight is 477 g/mol. The van der Waals surface area contributed by atoms with E-state index in [1.807, 2.05) is 0 Å². The minimum atomic E-state index is 0.123. The molecule has 0 spiro atoms. The monoisotopic (exact) mass is 477 g/mol. The molecule has 178 valence electrons. The fraction of sp³-hybridized carbons (Fsp3) is 0.118. The van der Waals surface area contributed by atoms with E-state index >= 15 is 0 Å². The molecule has 2 nitrogen and oxygen atoms in total. The van der Waals surface area contributed by atoms with Crippen LogP contribution in [0.2, 0.25) is 0 Å². The highest BCUT2D eigenvalue weighted by Crippen LogP contribution is 2.43. The first-order valence-electron chi connectivity index (χ1n) is 13.0. The Labute approximate surface area is 219 Å². The van der Waals surface area contributed by atoms with Crippen LogP contribution >= 0.6 is 0 Å². The summed E-state index contributed by atoms with van der Waals surface area (Å²) in [5.41, 5.74) is 14.9. The van der Waals surface area contributed by atoms with Crippen LogP contribution in [-0.2, 0) is 0 Å². The molecule has 37 heavy (non-hydrogen) atoms. The molecule has 0 aliphatic carbocycles. The molecule has 5 aromatic rings. The third kappa shape index (κ3) is 3.42. The van der Waals surface area contributed by atoms with Crippen LogP contribution in [0.5, 0.6) is 11.5 Å². The van der Waals surface area contributed by atoms with Crippen molar-refractivity contribution in [1.29, 1.82) is 0 Å². The Morgan fingerprint density at radius 3 is 2.03 bits per heavy atom. The zero-order valence-corrected chi connectivity index (χ0v) is 21.7. The maximum Gasteiger partial charge on any atom is 0.256 e. The summed E-state index contributed by atoms with van der Waals surface area (Å²) in [6, 6.07) is 35.3. The lowest BCUT2D eigenvalue weighted by molar-refractivity contribution is 0.487. The van der Waals surface area contributed by atoms with Gasteiger partial charge in [0.2, 0.25) is 0 Å². The van der Waals surface area contributed by atoms with Crippen LogP contribution in [0.3, 0.4) is 0 Å². The summed E-state index contributed by atoms with van der Waals surface area (Å²) in [4.78, 5) is 2.47. The van der Waals surface area contributed by atoms with Gasteiger partial charge >= 0.3 is 0 Å². The molecular weight excluding hydrogens is 449 g/mol. The van der Waals surface area contributed by atoms with E-state index in [9.17, 15) is 0 Å². The smallest absolute Gasteiger partial charge is 0.256 e. The lowest BCUT2D eigenvalue weighted by atomic mass is 9.33. The summed E-state index contributed by atoms with van der Waals surface area (Å²) in [5.74, 6) is 1.89. The van der Waals surface area contributed by atoms with E-state index < -0.39 is 0 Å². The maximum absolute atomic E-state index is 6.67. The molecule has 2 aliphatic heterocycles. The van der Waals surface area contributed by atoms with Gasteiger partial charge in [0, 0.05) is 17.1 Å². The predicted octanol–water partition coefficient (Wildman–Crippen LogP) is 6.99. The molecule has 2 heterocycles. The lowest BCUT2D eigenvalue weighted by Crippen LogP contribution is -2.60. The highest BCUT2D eigenvalue weighted by Gasteiger charge is 2.42. The van der Waals surface area contributed by atoms with Gasteiger partial charge in [-0.05, 0) is 108 Å². The topological polar surface area (TPSA) is 12.5 Å². The second-order valence-corrected chi connectivity index (χ2v) is 10.5. The molecule has 0 saturated heterocycles. The molecule has 0 unspecified atom stereocenters. The van der Waals surface area contributed by atoms with Crippen LogP contribution in [-0.4, -0.2) is 6.71 Å². The Morgan fingerprint density at radius 1 is 0.568 bits per heavy atom. The van der Waals surface area contributed by atoms with Crippen LogP contribution in [0.25, 0.3) is 11.1 Å². The number of benzene rings is 5. The SMILES string of the molecule is Cc1cc(C)cc(N2c3cc(C)cc(C)c3B3c4ccccc4Oc4cc(-c5ccccc5)cc2c43)c1.